The number of carbonyl (C=O) groups excluding carboxylic acids is 1. The van der Waals surface area contributed by atoms with Crippen LogP contribution in [0.25, 0.3) is 11.0 Å². The van der Waals surface area contributed by atoms with Crippen LogP contribution in [0.2, 0.25) is 0 Å². The molecule has 106 valence electrons. The molecule has 5 heteroatoms. The number of benzene rings is 2. The first-order chi connectivity index (χ1) is 10.1. The zero-order valence-corrected chi connectivity index (χ0v) is 13.1. The first-order valence-electron chi connectivity index (χ1n) is 6.57. The number of fused-ring (bicyclic) bond motifs is 1. The van der Waals surface area contributed by atoms with Crippen LogP contribution in [0.15, 0.2) is 53.3 Å². The number of anilines is 1. The molecule has 0 saturated heterocycles. The summed E-state index contributed by atoms with van der Waals surface area (Å²) in [7, 11) is 1.95. The van der Waals surface area contributed by atoms with Gasteiger partial charge >= 0.3 is 0 Å². The monoisotopic (exact) mass is 343 g/mol. The molecular weight excluding hydrogens is 330 g/mol. The lowest BCUT2D eigenvalue weighted by molar-refractivity contribution is -0.115. The molecule has 4 nitrogen and oxygen atoms in total. The number of aromatic nitrogens is 2. The van der Waals surface area contributed by atoms with Gasteiger partial charge in [-0.25, -0.2) is 4.98 Å². The van der Waals surface area contributed by atoms with E-state index in [0.717, 1.165) is 26.8 Å². The zero-order chi connectivity index (χ0) is 14.8. The zero-order valence-electron chi connectivity index (χ0n) is 11.5. The summed E-state index contributed by atoms with van der Waals surface area (Å²) in [5.41, 5.74) is 3.72. The Morgan fingerprint density at radius 2 is 2.00 bits per heavy atom. The van der Waals surface area contributed by atoms with Crippen LogP contribution in [0.3, 0.4) is 0 Å². The maximum Gasteiger partial charge on any atom is 0.228 e. The largest absolute Gasteiger partial charge is 0.334 e. The molecule has 0 aliphatic carbocycles. The van der Waals surface area contributed by atoms with Crippen LogP contribution in [0.1, 0.15) is 5.56 Å². The van der Waals surface area contributed by atoms with Crippen molar-refractivity contribution >= 4 is 38.6 Å². The summed E-state index contributed by atoms with van der Waals surface area (Å²) in [5.74, 6) is -0.0346. The predicted octanol–water partition coefficient (Wildman–Crippen LogP) is 3.52. The minimum atomic E-state index is -0.0346. The Hall–Kier alpha value is -2.14. The molecule has 3 rings (SSSR count). The van der Waals surface area contributed by atoms with Crippen molar-refractivity contribution in [2.24, 2.45) is 7.05 Å². The molecule has 21 heavy (non-hydrogen) atoms. The van der Waals surface area contributed by atoms with E-state index >= 15 is 0 Å². The molecule has 1 amide bonds. The number of aryl methyl sites for hydroxylation is 1. The van der Waals surface area contributed by atoms with E-state index < -0.39 is 0 Å². The van der Waals surface area contributed by atoms with Gasteiger partial charge in [0.2, 0.25) is 5.91 Å². The Labute approximate surface area is 130 Å². The molecule has 3 aromatic rings. The van der Waals surface area contributed by atoms with Gasteiger partial charge < -0.3 is 9.88 Å². The number of rotatable bonds is 3. The summed E-state index contributed by atoms with van der Waals surface area (Å²) in [6, 6.07) is 13.4. The number of hydrogen-bond acceptors (Lipinski definition) is 2. The third kappa shape index (κ3) is 3.13. The van der Waals surface area contributed by atoms with E-state index in [9.17, 15) is 4.79 Å². The normalized spacial score (nSPS) is 10.8. The summed E-state index contributed by atoms with van der Waals surface area (Å²) >= 11 is 3.37. The SMILES string of the molecule is Cn1cnc2cc(CC(=O)Nc3ccc(Br)cc3)ccc21. The van der Waals surface area contributed by atoms with Crippen LogP contribution in [0, 0.1) is 0 Å². The number of hydrogen-bond donors (Lipinski definition) is 1. The van der Waals surface area contributed by atoms with Crippen LogP contribution < -0.4 is 5.32 Å². The van der Waals surface area contributed by atoms with Crippen molar-refractivity contribution in [1.82, 2.24) is 9.55 Å². The summed E-state index contributed by atoms with van der Waals surface area (Å²) in [4.78, 5) is 16.4. The molecule has 0 aliphatic rings. The van der Waals surface area contributed by atoms with Crippen molar-refractivity contribution in [3.63, 3.8) is 0 Å². The summed E-state index contributed by atoms with van der Waals surface area (Å²) in [6.45, 7) is 0. The van der Waals surface area contributed by atoms with Crippen molar-refractivity contribution in [2.45, 2.75) is 6.42 Å². The molecule has 1 N–H and O–H groups in total. The standard InChI is InChI=1S/C16H14BrN3O/c1-20-10-18-14-8-11(2-7-15(14)20)9-16(21)19-13-5-3-12(17)4-6-13/h2-8,10H,9H2,1H3,(H,19,21). The summed E-state index contributed by atoms with van der Waals surface area (Å²) in [5, 5.41) is 2.89. The van der Waals surface area contributed by atoms with Gasteiger partial charge in [0.05, 0.1) is 23.8 Å². The number of carbonyl (C=O) groups is 1. The molecular formula is C16H14BrN3O. The highest BCUT2D eigenvalue weighted by Crippen LogP contribution is 2.16. The van der Waals surface area contributed by atoms with Crippen LogP contribution >= 0.6 is 15.9 Å². The van der Waals surface area contributed by atoms with E-state index in [2.05, 4.69) is 26.2 Å². The van der Waals surface area contributed by atoms with Crippen molar-refractivity contribution in [3.05, 3.63) is 58.8 Å². The van der Waals surface area contributed by atoms with Gasteiger partial charge in [-0.05, 0) is 42.0 Å². The minimum absolute atomic E-state index is 0.0346. The molecule has 1 aromatic heterocycles. The lowest BCUT2D eigenvalue weighted by Gasteiger charge is -2.05. The molecule has 0 aliphatic heterocycles. The van der Waals surface area contributed by atoms with Crippen LogP contribution in [0.4, 0.5) is 5.69 Å². The Morgan fingerprint density at radius 1 is 1.24 bits per heavy atom. The maximum atomic E-state index is 12.1. The van der Waals surface area contributed by atoms with Gasteiger partial charge in [0.25, 0.3) is 0 Å². The third-order valence-corrected chi connectivity index (χ3v) is 3.81. The van der Waals surface area contributed by atoms with E-state index in [1.807, 2.05) is 54.1 Å². The summed E-state index contributed by atoms with van der Waals surface area (Å²) < 4.78 is 2.95. The second kappa shape index (κ2) is 5.69. The van der Waals surface area contributed by atoms with Crippen molar-refractivity contribution in [3.8, 4) is 0 Å². The van der Waals surface area contributed by atoms with Gasteiger partial charge in [0.15, 0.2) is 0 Å². The quantitative estimate of drug-likeness (QED) is 0.790. The molecule has 0 fully saturated rings. The Bertz CT molecular complexity index is 793. The molecule has 0 atom stereocenters. The Morgan fingerprint density at radius 3 is 2.76 bits per heavy atom. The van der Waals surface area contributed by atoms with Crippen molar-refractivity contribution in [2.75, 3.05) is 5.32 Å². The highest BCUT2D eigenvalue weighted by molar-refractivity contribution is 9.10. The van der Waals surface area contributed by atoms with Gasteiger partial charge in [0, 0.05) is 17.2 Å². The summed E-state index contributed by atoms with van der Waals surface area (Å²) in [6.07, 6.45) is 2.11. The Kier molecular flexibility index (Phi) is 3.75. The van der Waals surface area contributed by atoms with Crippen molar-refractivity contribution < 1.29 is 4.79 Å². The molecule has 0 spiro atoms. The van der Waals surface area contributed by atoms with Crippen LogP contribution in [-0.4, -0.2) is 15.5 Å². The van der Waals surface area contributed by atoms with E-state index in [4.69, 9.17) is 0 Å². The first kappa shape index (κ1) is 13.8. The van der Waals surface area contributed by atoms with Gasteiger partial charge in [-0.15, -0.1) is 0 Å². The molecule has 2 aromatic carbocycles. The number of amides is 1. The van der Waals surface area contributed by atoms with Crippen LogP contribution in [0.5, 0.6) is 0 Å². The predicted molar refractivity (Wildman–Crippen MR) is 87.2 cm³/mol. The average Bonchev–Trinajstić information content (AvgIpc) is 2.82. The van der Waals surface area contributed by atoms with Crippen LogP contribution in [-0.2, 0) is 18.3 Å². The maximum absolute atomic E-state index is 12.1. The fourth-order valence-corrected chi connectivity index (χ4v) is 2.48. The highest BCUT2D eigenvalue weighted by Gasteiger charge is 2.06. The fourth-order valence-electron chi connectivity index (χ4n) is 2.22. The second-order valence-electron chi connectivity index (χ2n) is 4.91. The average molecular weight is 344 g/mol. The van der Waals surface area contributed by atoms with Gasteiger partial charge in [0.1, 0.15) is 0 Å². The molecule has 0 bridgehead atoms. The number of nitrogens with zero attached hydrogens (tertiary/aromatic N) is 2. The lowest BCUT2D eigenvalue weighted by Crippen LogP contribution is -2.14. The van der Waals surface area contributed by atoms with Gasteiger partial charge in [-0.3, -0.25) is 4.79 Å². The molecule has 0 radical (unpaired) electrons. The number of nitrogens with one attached hydrogen (secondary N) is 1. The van der Waals surface area contributed by atoms with Gasteiger partial charge in [-0.2, -0.15) is 0 Å². The van der Waals surface area contributed by atoms with E-state index in [-0.39, 0.29) is 5.91 Å². The molecule has 0 unspecified atom stereocenters. The topological polar surface area (TPSA) is 46.9 Å². The van der Waals surface area contributed by atoms with Gasteiger partial charge in [-0.1, -0.05) is 22.0 Å². The second-order valence-corrected chi connectivity index (χ2v) is 5.83. The highest BCUT2D eigenvalue weighted by atomic mass is 79.9. The molecule has 1 heterocycles. The van der Waals surface area contributed by atoms with E-state index in [1.54, 1.807) is 6.33 Å². The third-order valence-electron chi connectivity index (χ3n) is 3.28. The lowest BCUT2D eigenvalue weighted by atomic mass is 10.1. The molecule has 0 saturated carbocycles. The van der Waals surface area contributed by atoms with E-state index in [1.165, 1.54) is 0 Å². The van der Waals surface area contributed by atoms with E-state index in [0.29, 0.717) is 6.42 Å². The Balaban J connectivity index is 1.72. The number of halogens is 1. The fraction of sp³-hybridized carbons (Fsp3) is 0.125. The minimum Gasteiger partial charge on any atom is -0.334 e. The number of imidazole rings is 1. The van der Waals surface area contributed by atoms with Crippen molar-refractivity contribution in [1.29, 1.82) is 0 Å². The smallest absolute Gasteiger partial charge is 0.228 e. The first-order valence-corrected chi connectivity index (χ1v) is 7.36.